The van der Waals surface area contributed by atoms with E-state index >= 15 is 0 Å². The Bertz CT molecular complexity index is 666. The zero-order valence-electron chi connectivity index (χ0n) is 14.9. The maximum absolute atomic E-state index is 12.5. The van der Waals surface area contributed by atoms with Crippen molar-refractivity contribution in [2.75, 3.05) is 5.75 Å². The molecular formula is C15H24N6O5S. The number of imidazole rings is 1. The molecule has 0 spiro atoms. The summed E-state index contributed by atoms with van der Waals surface area (Å²) in [6.07, 6.45) is 2.93. The molecule has 150 valence electrons. The number of carboxylic acid groups (broad SMARTS) is 1. The molecule has 12 heteroatoms. The number of nitrogens with two attached hydrogens (primary N) is 1. The van der Waals surface area contributed by atoms with Crippen LogP contribution in [0.4, 0.5) is 0 Å². The summed E-state index contributed by atoms with van der Waals surface area (Å²) in [7, 11) is 0. The van der Waals surface area contributed by atoms with Crippen LogP contribution in [0.2, 0.25) is 0 Å². The van der Waals surface area contributed by atoms with Crippen LogP contribution in [0, 0.1) is 0 Å². The molecule has 0 aliphatic carbocycles. The third-order valence-corrected chi connectivity index (χ3v) is 3.94. The third kappa shape index (κ3) is 7.27. The molecule has 4 atom stereocenters. The van der Waals surface area contributed by atoms with Crippen LogP contribution in [0.3, 0.4) is 0 Å². The molecule has 1 aromatic rings. The Morgan fingerprint density at radius 3 is 2.26 bits per heavy atom. The van der Waals surface area contributed by atoms with Gasteiger partial charge >= 0.3 is 5.97 Å². The molecule has 27 heavy (non-hydrogen) atoms. The smallest absolute Gasteiger partial charge is 0.327 e. The number of amides is 3. The number of rotatable bonds is 10. The summed E-state index contributed by atoms with van der Waals surface area (Å²) < 4.78 is 0. The Kier molecular flexibility index (Phi) is 8.75. The number of H-pyrrole nitrogens is 1. The van der Waals surface area contributed by atoms with E-state index in [1.807, 2.05) is 0 Å². The van der Waals surface area contributed by atoms with Crippen molar-refractivity contribution in [3.05, 3.63) is 18.2 Å². The van der Waals surface area contributed by atoms with Gasteiger partial charge in [0.15, 0.2) is 0 Å². The number of aromatic amines is 1. The molecule has 0 fully saturated rings. The van der Waals surface area contributed by atoms with E-state index in [0.29, 0.717) is 5.69 Å². The van der Waals surface area contributed by atoms with Crippen molar-refractivity contribution in [1.29, 1.82) is 0 Å². The molecule has 0 radical (unpaired) electrons. The maximum atomic E-state index is 12.5. The molecule has 0 bridgehead atoms. The zero-order valence-corrected chi connectivity index (χ0v) is 15.8. The minimum Gasteiger partial charge on any atom is -0.480 e. The monoisotopic (exact) mass is 400 g/mol. The largest absolute Gasteiger partial charge is 0.480 e. The van der Waals surface area contributed by atoms with E-state index < -0.39 is 47.9 Å². The first-order chi connectivity index (χ1) is 12.6. The topological polar surface area (TPSA) is 179 Å². The maximum Gasteiger partial charge on any atom is 0.327 e. The van der Waals surface area contributed by atoms with Crippen molar-refractivity contribution >= 4 is 36.3 Å². The number of carbonyl (C=O) groups is 4. The van der Waals surface area contributed by atoms with Gasteiger partial charge in [0.1, 0.15) is 18.1 Å². The molecule has 1 rings (SSSR count). The highest BCUT2D eigenvalue weighted by atomic mass is 32.1. The van der Waals surface area contributed by atoms with Crippen molar-refractivity contribution in [3.63, 3.8) is 0 Å². The van der Waals surface area contributed by atoms with E-state index in [1.54, 1.807) is 0 Å². The first kappa shape index (κ1) is 22.4. The van der Waals surface area contributed by atoms with Gasteiger partial charge in [-0.25, -0.2) is 9.78 Å². The molecule has 3 amide bonds. The summed E-state index contributed by atoms with van der Waals surface area (Å²) in [6, 6.07) is -4.04. The van der Waals surface area contributed by atoms with Crippen LogP contribution < -0.4 is 21.7 Å². The van der Waals surface area contributed by atoms with Gasteiger partial charge in [-0.3, -0.25) is 14.4 Å². The van der Waals surface area contributed by atoms with Crippen LogP contribution in [0.15, 0.2) is 12.5 Å². The van der Waals surface area contributed by atoms with Gasteiger partial charge in [-0.2, -0.15) is 12.6 Å². The fourth-order valence-electron chi connectivity index (χ4n) is 1.99. The number of nitrogens with zero attached hydrogens (tertiary/aromatic N) is 1. The first-order valence-corrected chi connectivity index (χ1v) is 8.76. The minimum atomic E-state index is -1.25. The molecule has 0 saturated carbocycles. The number of carboxylic acids is 1. The van der Waals surface area contributed by atoms with Gasteiger partial charge in [0.25, 0.3) is 0 Å². The Labute approximate surface area is 161 Å². The van der Waals surface area contributed by atoms with Crippen molar-refractivity contribution in [2.24, 2.45) is 5.73 Å². The molecule has 7 N–H and O–H groups in total. The number of carbonyl (C=O) groups excluding carboxylic acids is 3. The lowest BCUT2D eigenvalue weighted by Crippen LogP contribution is -2.57. The summed E-state index contributed by atoms with van der Waals surface area (Å²) in [5, 5.41) is 16.3. The molecule has 0 aromatic carbocycles. The first-order valence-electron chi connectivity index (χ1n) is 8.13. The Balaban J connectivity index is 2.84. The van der Waals surface area contributed by atoms with E-state index in [9.17, 15) is 19.2 Å². The molecule has 0 aliphatic rings. The highest BCUT2D eigenvalue weighted by Crippen LogP contribution is 2.01. The van der Waals surface area contributed by atoms with E-state index in [1.165, 1.54) is 26.4 Å². The van der Waals surface area contributed by atoms with E-state index in [4.69, 9.17) is 10.8 Å². The second-order valence-corrected chi connectivity index (χ2v) is 6.31. The summed E-state index contributed by atoms with van der Waals surface area (Å²) >= 11 is 3.89. The van der Waals surface area contributed by atoms with E-state index in [-0.39, 0.29) is 12.2 Å². The summed E-state index contributed by atoms with van der Waals surface area (Å²) in [5.74, 6) is -3.21. The summed E-state index contributed by atoms with van der Waals surface area (Å²) in [5.41, 5.74) is 6.00. The van der Waals surface area contributed by atoms with Crippen molar-refractivity contribution in [2.45, 2.75) is 44.4 Å². The zero-order chi connectivity index (χ0) is 20.6. The fourth-order valence-corrected chi connectivity index (χ4v) is 2.24. The number of nitrogens with one attached hydrogen (secondary N) is 4. The van der Waals surface area contributed by atoms with Gasteiger partial charge < -0.3 is 31.8 Å². The molecule has 1 aromatic heterocycles. The number of hydrogen-bond donors (Lipinski definition) is 7. The van der Waals surface area contributed by atoms with Crippen molar-refractivity contribution in [1.82, 2.24) is 25.9 Å². The van der Waals surface area contributed by atoms with Crippen LogP contribution >= 0.6 is 12.6 Å². The predicted octanol–water partition coefficient (Wildman–Crippen LogP) is -2.21. The van der Waals surface area contributed by atoms with Gasteiger partial charge in [0, 0.05) is 24.1 Å². The van der Waals surface area contributed by atoms with Gasteiger partial charge in [-0.15, -0.1) is 0 Å². The van der Waals surface area contributed by atoms with Gasteiger partial charge in [0.2, 0.25) is 17.7 Å². The lowest BCUT2D eigenvalue weighted by Gasteiger charge is -2.22. The Morgan fingerprint density at radius 1 is 1.15 bits per heavy atom. The van der Waals surface area contributed by atoms with E-state index in [2.05, 4.69) is 38.5 Å². The summed E-state index contributed by atoms with van der Waals surface area (Å²) in [6.45, 7) is 2.91. The second kappa shape index (κ2) is 10.5. The molecule has 4 unspecified atom stereocenters. The third-order valence-electron chi connectivity index (χ3n) is 3.57. The minimum absolute atomic E-state index is 0.0461. The normalized spacial score (nSPS) is 15.1. The van der Waals surface area contributed by atoms with Crippen LogP contribution in [-0.2, 0) is 25.6 Å². The standard InChI is InChI=1S/C15H24N6O5S/c1-7(16)12(22)19-8(2)13(23)20-10(3-9-4-17-6-18-9)14(24)21-11(5-27)15(25)26/h4,6-8,10-11,27H,3,5,16H2,1-2H3,(H,17,18)(H,19,22)(H,20,23)(H,21,24)(H,25,26). The predicted molar refractivity (Wildman–Crippen MR) is 98.9 cm³/mol. The highest BCUT2D eigenvalue weighted by molar-refractivity contribution is 7.80. The molecule has 0 saturated heterocycles. The van der Waals surface area contributed by atoms with Gasteiger partial charge in [0.05, 0.1) is 12.4 Å². The quantitative estimate of drug-likeness (QED) is 0.217. The average Bonchev–Trinajstić information content (AvgIpc) is 3.11. The van der Waals surface area contributed by atoms with Crippen LogP contribution in [0.5, 0.6) is 0 Å². The number of thiol groups is 1. The molecular weight excluding hydrogens is 376 g/mol. The van der Waals surface area contributed by atoms with Crippen LogP contribution in [0.25, 0.3) is 0 Å². The summed E-state index contributed by atoms with van der Waals surface area (Å²) in [4.78, 5) is 54.1. The molecule has 0 aliphatic heterocycles. The molecule has 1 heterocycles. The van der Waals surface area contributed by atoms with Crippen LogP contribution in [0.1, 0.15) is 19.5 Å². The SMILES string of the molecule is CC(N)C(=O)NC(C)C(=O)NC(Cc1cnc[nH]1)C(=O)NC(CS)C(=O)O. The number of hydrogen-bond acceptors (Lipinski definition) is 7. The fraction of sp³-hybridized carbons (Fsp3) is 0.533. The number of aromatic nitrogens is 2. The Morgan fingerprint density at radius 2 is 1.78 bits per heavy atom. The van der Waals surface area contributed by atoms with E-state index in [0.717, 1.165) is 0 Å². The lowest BCUT2D eigenvalue weighted by atomic mass is 10.1. The number of aliphatic carboxylic acids is 1. The Hall–Kier alpha value is -2.60. The second-order valence-electron chi connectivity index (χ2n) is 5.94. The highest BCUT2D eigenvalue weighted by Gasteiger charge is 2.28. The lowest BCUT2D eigenvalue weighted by molar-refractivity contribution is -0.141. The van der Waals surface area contributed by atoms with Crippen molar-refractivity contribution in [3.8, 4) is 0 Å². The molecule has 11 nitrogen and oxygen atoms in total. The van der Waals surface area contributed by atoms with Gasteiger partial charge in [-0.1, -0.05) is 0 Å². The van der Waals surface area contributed by atoms with Gasteiger partial charge in [-0.05, 0) is 13.8 Å². The van der Waals surface area contributed by atoms with Crippen LogP contribution in [-0.4, -0.2) is 68.7 Å². The average molecular weight is 400 g/mol. The van der Waals surface area contributed by atoms with Crippen molar-refractivity contribution < 1.29 is 24.3 Å².